The van der Waals surface area contributed by atoms with Crippen molar-refractivity contribution in [1.82, 2.24) is 4.90 Å². The largest absolute Gasteiger partial charge is 0.481 e. The summed E-state index contributed by atoms with van der Waals surface area (Å²) in [5.41, 5.74) is -0.662. The zero-order valence-electron chi connectivity index (χ0n) is 8.53. The third-order valence-electron chi connectivity index (χ3n) is 2.86. The molecule has 0 aliphatic carbocycles. The lowest BCUT2D eigenvalue weighted by Gasteiger charge is -2.36. The van der Waals surface area contributed by atoms with Gasteiger partial charge in [-0.3, -0.25) is 4.79 Å². The van der Waals surface area contributed by atoms with Crippen LogP contribution >= 0.6 is 22.6 Å². The van der Waals surface area contributed by atoms with E-state index in [4.69, 9.17) is 5.11 Å². The number of carboxylic acids is 1. The van der Waals surface area contributed by atoms with E-state index >= 15 is 0 Å². The number of halogens is 1. The SMILES string of the molecule is COC(=O)N1CCC(CI)(C(=O)O)CC1. The Morgan fingerprint density at radius 3 is 2.33 bits per heavy atom. The van der Waals surface area contributed by atoms with E-state index < -0.39 is 11.4 Å². The maximum Gasteiger partial charge on any atom is 0.409 e. The Morgan fingerprint density at radius 2 is 2.00 bits per heavy atom. The molecule has 0 spiro atoms. The predicted molar refractivity (Wildman–Crippen MR) is 62.2 cm³/mol. The van der Waals surface area contributed by atoms with Crippen molar-refractivity contribution in [3.05, 3.63) is 0 Å². The summed E-state index contributed by atoms with van der Waals surface area (Å²) in [6.07, 6.45) is 0.628. The Morgan fingerprint density at radius 1 is 1.47 bits per heavy atom. The van der Waals surface area contributed by atoms with Gasteiger partial charge >= 0.3 is 12.1 Å². The van der Waals surface area contributed by atoms with Gasteiger partial charge in [-0.25, -0.2) is 4.79 Å². The zero-order chi connectivity index (χ0) is 11.5. The summed E-state index contributed by atoms with van der Waals surface area (Å²) in [4.78, 5) is 23.9. The maximum absolute atomic E-state index is 11.2. The molecule has 0 aromatic rings. The fraction of sp³-hybridized carbons (Fsp3) is 0.778. The van der Waals surface area contributed by atoms with Crippen molar-refractivity contribution in [3.63, 3.8) is 0 Å². The number of carbonyl (C=O) groups excluding carboxylic acids is 1. The van der Waals surface area contributed by atoms with E-state index in [-0.39, 0.29) is 6.09 Å². The number of carbonyl (C=O) groups is 2. The normalized spacial score (nSPS) is 19.7. The minimum absolute atomic E-state index is 0.373. The van der Waals surface area contributed by atoms with Crippen LogP contribution in [0.3, 0.4) is 0 Å². The van der Waals surface area contributed by atoms with Gasteiger partial charge in [-0.2, -0.15) is 0 Å². The second kappa shape index (κ2) is 5.00. The summed E-state index contributed by atoms with van der Waals surface area (Å²) in [7, 11) is 1.33. The van der Waals surface area contributed by atoms with Crippen LogP contribution in [0.15, 0.2) is 0 Å². The molecule has 5 nitrogen and oxygen atoms in total. The van der Waals surface area contributed by atoms with Gasteiger partial charge in [0.25, 0.3) is 0 Å². The quantitative estimate of drug-likeness (QED) is 0.614. The number of hydrogen-bond donors (Lipinski definition) is 1. The highest BCUT2D eigenvalue weighted by Gasteiger charge is 2.41. The molecule has 1 amide bonds. The lowest BCUT2D eigenvalue weighted by Crippen LogP contribution is -2.47. The minimum atomic E-state index is -0.763. The zero-order valence-corrected chi connectivity index (χ0v) is 10.7. The maximum atomic E-state index is 11.2. The molecular formula is C9H14INO4. The summed E-state index contributed by atoms with van der Waals surface area (Å²) in [6, 6.07) is 0. The molecule has 15 heavy (non-hydrogen) atoms. The summed E-state index contributed by atoms with van der Waals surface area (Å²) >= 11 is 2.09. The average molecular weight is 327 g/mol. The fourth-order valence-electron chi connectivity index (χ4n) is 1.65. The molecule has 0 aromatic heterocycles. The number of amides is 1. The second-order valence-electron chi connectivity index (χ2n) is 3.68. The van der Waals surface area contributed by atoms with E-state index in [1.807, 2.05) is 0 Å². The van der Waals surface area contributed by atoms with Crippen molar-refractivity contribution < 1.29 is 19.4 Å². The lowest BCUT2D eigenvalue weighted by molar-refractivity contribution is -0.149. The van der Waals surface area contributed by atoms with E-state index in [0.29, 0.717) is 30.4 Å². The molecule has 1 fully saturated rings. The second-order valence-corrected chi connectivity index (χ2v) is 4.44. The van der Waals surface area contributed by atoms with E-state index in [0.717, 1.165) is 0 Å². The van der Waals surface area contributed by atoms with Gasteiger partial charge in [0, 0.05) is 17.5 Å². The van der Waals surface area contributed by atoms with Gasteiger partial charge in [-0.15, -0.1) is 0 Å². The van der Waals surface area contributed by atoms with Crippen LogP contribution in [0, 0.1) is 5.41 Å². The van der Waals surface area contributed by atoms with Crippen molar-refractivity contribution in [2.24, 2.45) is 5.41 Å². The Hall–Kier alpha value is -0.530. The van der Waals surface area contributed by atoms with Crippen molar-refractivity contribution in [2.45, 2.75) is 12.8 Å². The molecule has 86 valence electrons. The lowest BCUT2D eigenvalue weighted by atomic mass is 9.80. The average Bonchev–Trinajstić information content (AvgIpc) is 2.28. The van der Waals surface area contributed by atoms with Crippen LogP contribution in [0.1, 0.15) is 12.8 Å². The summed E-state index contributed by atoms with van der Waals surface area (Å²) in [5.74, 6) is -0.763. The third kappa shape index (κ3) is 2.53. The van der Waals surface area contributed by atoms with Crippen LogP contribution in [-0.2, 0) is 9.53 Å². The smallest absolute Gasteiger partial charge is 0.409 e. The van der Waals surface area contributed by atoms with Gasteiger partial charge in [-0.05, 0) is 12.8 Å². The first-order valence-electron chi connectivity index (χ1n) is 4.68. The molecule has 1 rings (SSSR count). The monoisotopic (exact) mass is 327 g/mol. The summed E-state index contributed by atoms with van der Waals surface area (Å²) in [5, 5.41) is 9.13. The van der Waals surface area contributed by atoms with E-state index in [1.165, 1.54) is 7.11 Å². The first-order valence-corrected chi connectivity index (χ1v) is 6.20. The number of nitrogens with zero attached hydrogens (tertiary/aromatic N) is 1. The summed E-state index contributed by atoms with van der Waals surface area (Å²) < 4.78 is 5.17. The molecule has 1 N–H and O–H groups in total. The van der Waals surface area contributed by atoms with Crippen LogP contribution in [0.25, 0.3) is 0 Å². The number of rotatable bonds is 2. The molecule has 0 aromatic carbocycles. The molecule has 0 radical (unpaired) electrons. The number of alkyl halides is 1. The first-order chi connectivity index (χ1) is 7.05. The molecule has 1 aliphatic rings. The van der Waals surface area contributed by atoms with Crippen LogP contribution in [0.2, 0.25) is 0 Å². The molecule has 0 bridgehead atoms. The third-order valence-corrected chi connectivity index (χ3v) is 4.32. The van der Waals surface area contributed by atoms with Crippen LogP contribution in [-0.4, -0.2) is 46.7 Å². The Balaban J connectivity index is 2.61. The summed E-state index contributed by atoms with van der Waals surface area (Å²) in [6.45, 7) is 0.921. The number of aliphatic carboxylic acids is 1. The molecule has 0 atom stereocenters. The van der Waals surface area contributed by atoms with Gasteiger partial charge < -0.3 is 14.7 Å². The van der Waals surface area contributed by atoms with Gasteiger partial charge in [0.05, 0.1) is 12.5 Å². The first kappa shape index (κ1) is 12.5. The standard InChI is InChI=1S/C9H14INO4/c1-15-8(14)11-4-2-9(6-10,3-5-11)7(12)13/h2-6H2,1H3,(H,12,13). The van der Waals surface area contributed by atoms with Gasteiger partial charge in [0.2, 0.25) is 0 Å². The highest BCUT2D eigenvalue weighted by atomic mass is 127. The Kier molecular flexibility index (Phi) is 4.18. The minimum Gasteiger partial charge on any atom is -0.481 e. The predicted octanol–water partition coefficient (Wildman–Crippen LogP) is 1.35. The fourth-order valence-corrected chi connectivity index (χ4v) is 2.74. The number of likely N-dealkylation sites (tertiary alicyclic amines) is 1. The molecule has 1 aliphatic heterocycles. The van der Waals surface area contributed by atoms with Crippen molar-refractivity contribution in [1.29, 1.82) is 0 Å². The van der Waals surface area contributed by atoms with Crippen LogP contribution < -0.4 is 0 Å². The molecule has 0 unspecified atom stereocenters. The molecule has 0 saturated carbocycles. The molecular weight excluding hydrogens is 313 g/mol. The number of carboxylic acid groups (broad SMARTS) is 1. The molecule has 1 heterocycles. The van der Waals surface area contributed by atoms with Gasteiger partial charge in [0.15, 0.2) is 0 Å². The number of ether oxygens (including phenoxy) is 1. The van der Waals surface area contributed by atoms with Crippen molar-refractivity contribution in [2.75, 3.05) is 24.6 Å². The number of methoxy groups -OCH3 is 1. The van der Waals surface area contributed by atoms with E-state index in [2.05, 4.69) is 27.3 Å². The van der Waals surface area contributed by atoms with Gasteiger partial charge in [0.1, 0.15) is 0 Å². The van der Waals surface area contributed by atoms with Gasteiger partial charge in [-0.1, -0.05) is 22.6 Å². The topological polar surface area (TPSA) is 66.8 Å². The van der Waals surface area contributed by atoms with Crippen molar-refractivity contribution >= 4 is 34.7 Å². The number of hydrogen-bond acceptors (Lipinski definition) is 3. The van der Waals surface area contributed by atoms with Crippen LogP contribution in [0.5, 0.6) is 0 Å². The van der Waals surface area contributed by atoms with Crippen LogP contribution in [0.4, 0.5) is 4.79 Å². The van der Waals surface area contributed by atoms with Crippen molar-refractivity contribution in [3.8, 4) is 0 Å². The highest BCUT2D eigenvalue weighted by molar-refractivity contribution is 14.1. The highest BCUT2D eigenvalue weighted by Crippen LogP contribution is 2.34. The number of piperidine rings is 1. The Labute approximate surface area is 102 Å². The Bertz CT molecular complexity index is 261. The van der Waals surface area contributed by atoms with E-state index in [1.54, 1.807) is 4.90 Å². The molecule has 1 saturated heterocycles. The van der Waals surface area contributed by atoms with E-state index in [9.17, 15) is 9.59 Å². The molecule has 6 heteroatoms.